The number of allylic oxidation sites excluding steroid dienone is 1. The summed E-state index contributed by atoms with van der Waals surface area (Å²) in [6, 6.07) is 4.84. The number of fused-ring (bicyclic) bond motifs is 1. The van der Waals surface area contributed by atoms with E-state index in [0.717, 1.165) is 24.0 Å². The topological polar surface area (TPSA) is 85.7 Å². The van der Waals surface area contributed by atoms with E-state index < -0.39 is 24.9 Å². The third kappa shape index (κ3) is 4.92. The molecular weight excluding hydrogens is 401 g/mol. The van der Waals surface area contributed by atoms with E-state index in [1.807, 2.05) is 0 Å². The van der Waals surface area contributed by atoms with Crippen molar-refractivity contribution in [3.05, 3.63) is 30.0 Å². The number of anilines is 2. The minimum absolute atomic E-state index is 0.0172. The van der Waals surface area contributed by atoms with E-state index in [9.17, 15) is 22.8 Å². The summed E-state index contributed by atoms with van der Waals surface area (Å²) >= 11 is 0. The molecule has 2 N–H and O–H groups in total. The van der Waals surface area contributed by atoms with E-state index in [1.54, 1.807) is 31.3 Å². The van der Waals surface area contributed by atoms with Crippen molar-refractivity contribution in [2.24, 2.45) is 0 Å². The number of carbonyl (C=O) groups excluding carboxylic acids is 2. The fraction of sp³-hybridized carbons (Fsp3) is 0.450. The molecule has 2 amide bonds. The summed E-state index contributed by atoms with van der Waals surface area (Å²) in [6.45, 7) is 1.37. The van der Waals surface area contributed by atoms with Gasteiger partial charge in [0.25, 0.3) is 0 Å². The van der Waals surface area contributed by atoms with Crippen LogP contribution in [0.1, 0.15) is 32.3 Å². The lowest BCUT2D eigenvalue weighted by atomic mass is 10.0. The number of nitrogens with one attached hydrogen (secondary N) is 2. The molecule has 0 saturated heterocycles. The first-order valence-corrected chi connectivity index (χ1v) is 9.52. The summed E-state index contributed by atoms with van der Waals surface area (Å²) in [4.78, 5) is 27.2. The summed E-state index contributed by atoms with van der Waals surface area (Å²) in [7, 11) is 0. The van der Waals surface area contributed by atoms with Gasteiger partial charge < -0.3 is 20.4 Å². The minimum Gasteiger partial charge on any atom is -0.439 e. The van der Waals surface area contributed by atoms with Gasteiger partial charge in [-0.3, -0.25) is 9.69 Å². The second-order valence-electron chi connectivity index (χ2n) is 7.41. The Balaban J connectivity index is 1.97. The van der Waals surface area contributed by atoms with Crippen molar-refractivity contribution in [1.29, 1.82) is 5.41 Å². The number of rotatable bonds is 5. The SMILES string of the molecule is CC(=O)N1c2ccc(/C(C=N)=C/NC3CC3)cc2N(C(=O)OCC(F)(F)F)CC1C. The fourth-order valence-corrected chi connectivity index (χ4v) is 3.34. The summed E-state index contributed by atoms with van der Waals surface area (Å²) in [5.41, 5.74) is 1.78. The van der Waals surface area contributed by atoms with Crippen LogP contribution in [0.4, 0.5) is 29.3 Å². The van der Waals surface area contributed by atoms with Crippen LogP contribution in [0.5, 0.6) is 0 Å². The number of alkyl halides is 3. The van der Waals surface area contributed by atoms with Crippen molar-refractivity contribution < 1.29 is 27.5 Å². The van der Waals surface area contributed by atoms with Crippen LogP contribution in [-0.2, 0) is 9.53 Å². The number of carbonyl (C=O) groups is 2. The molecule has 1 aliphatic heterocycles. The molecule has 7 nitrogen and oxygen atoms in total. The largest absolute Gasteiger partial charge is 0.439 e. The molecule has 1 heterocycles. The summed E-state index contributed by atoms with van der Waals surface area (Å²) < 4.78 is 42.0. The van der Waals surface area contributed by atoms with Crippen molar-refractivity contribution >= 4 is 35.2 Å². The molecule has 30 heavy (non-hydrogen) atoms. The average molecular weight is 424 g/mol. The lowest BCUT2D eigenvalue weighted by molar-refractivity contribution is -0.159. The van der Waals surface area contributed by atoms with Gasteiger partial charge >= 0.3 is 12.3 Å². The van der Waals surface area contributed by atoms with Crippen LogP contribution in [0.15, 0.2) is 24.4 Å². The van der Waals surface area contributed by atoms with Crippen molar-refractivity contribution in [2.75, 3.05) is 23.0 Å². The molecule has 1 atom stereocenters. The highest BCUT2D eigenvalue weighted by Gasteiger charge is 2.37. The molecule has 1 aliphatic carbocycles. The molecule has 162 valence electrons. The second-order valence-corrected chi connectivity index (χ2v) is 7.41. The normalized spacial score (nSPS) is 19.2. The van der Waals surface area contributed by atoms with Gasteiger partial charge in [0, 0.05) is 37.5 Å². The van der Waals surface area contributed by atoms with Gasteiger partial charge in [-0.25, -0.2) is 4.79 Å². The van der Waals surface area contributed by atoms with Crippen LogP contribution in [0, 0.1) is 5.41 Å². The highest BCUT2D eigenvalue weighted by Crippen LogP contribution is 2.38. The fourth-order valence-electron chi connectivity index (χ4n) is 3.34. The Morgan fingerprint density at radius 3 is 2.57 bits per heavy atom. The lowest BCUT2D eigenvalue weighted by Crippen LogP contribution is -2.51. The predicted molar refractivity (Wildman–Crippen MR) is 107 cm³/mol. The van der Waals surface area contributed by atoms with E-state index in [1.165, 1.54) is 11.8 Å². The average Bonchev–Trinajstić information content (AvgIpc) is 3.49. The smallest absolute Gasteiger partial charge is 0.422 e. The van der Waals surface area contributed by atoms with Gasteiger partial charge in [-0.15, -0.1) is 0 Å². The number of hydrogen-bond donors (Lipinski definition) is 2. The number of benzene rings is 1. The van der Waals surface area contributed by atoms with Gasteiger partial charge in [0.05, 0.1) is 17.4 Å². The number of nitrogens with zero attached hydrogens (tertiary/aromatic N) is 2. The number of hydrogen-bond acceptors (Lipinski definition) is 5. The minimum atomic E-state index is -4.64. The molecule has 0 aromatic heterocycles. The molecule has 3 rings (SSSR count). The molecule has 1 fully saturated rings. The lowest BCUT2D eigenvalue weighted by Gasteiger charge is -2.40. The van der Waals surface area contributed by atoms with Gasteiger partial charge in [0.2, 0.25) is 5.91 Å². The summed E-state index contributed by atoms with van der Waals surface area (Å²) in [5, 5.41) is 10.9. The van der Waals surface area contributed by atoms with E-state index in [2.05, 4.69) is 10.1 Å². The Hall–Kier alpha value is -3.04. The van der Waals surface area contributed by atoms with Gasteiger partial charge in [-0.05, 0) is 37.5 Å². The van der Waals surface area contributed by atoms with Crippen molar-refractivity contribution in [3.8, 4) is 0 Å². The molecule has 0 bridgehead atoms. The third-order valence-corrected chi connectivity index (χ3v) is 4.87. The van der Waals surface area contributed by atoms with E-state index in [0.29, 0.717) is 22.9 Å². The molecule has 1 unspecified atom stereocenters. The number of amides is 2. The van der Waals surface area contributed by atoms with Crippen LogP contribution in [0.2, 0.25) is 0 Å². The van der Waals surface area contributed by atoms with Crippen LogP contribution >= 0.6 is 0 Å². The number of halogens is 3. The molecule has 1 aromatic carbocycles. The van der Waals surface area contributed by atoms with Crippen LogP contribution < -0.4 is 15.1 Å². The maximum absolute atomic E-state index is 12.5. The van der Waals surface area contributed by atoms with Crippen molar-refractivity contribution in [3.63, 3.8) is 0 Å². The van der Waals surface area contributed by atoms with Gasteiger partial charge in [-0.2, -0.15) is 13.2 Å². The van der Waals surface area contributed by atoms with Gasteiger partial charge in [0.1, 0.15) is 0 Å². The summed E-state index contributed by atoms with van der Waals surface area (Å²) in [6.07, 6.45) is -0.827. The monoisotopic (exact) mass is 424 g/mol. The van der Waals surface area contributed by atoms with Gasteiger partial charge in [-0.1, -0.05) is 6.07 Å². The molecule has 1 aromatic rings. The molecule has 1 saturated carbocycles. The molecule has 0 radical (unpaired) electrons. The Kier molecular flexibility index (Phi) is 6.04. The zero-order valence-electron chi connectivity index (χ0n) is 16.6. The molecular formula is C20H23F3N4O3. The molecule has 0 spiro atoms. The zero-order chi connectivity index (χ0) is 22.1. The molecule has 2 aliphatic rings. The maximum Gasteiger partial charge on any atom is 0.422 e. The maximum atomic E-state index is 12.5. The van der Waals surface area contributed by atoms with E-state index in [-0.39, 0.29) is 18.1 Å². The van der Waals surface area contributed by atoms with Gasteiger partial charge in [0.15, 0.2) is 6.61 Å². The van der Waals surface area contributed by atoms with E-state index in [4.69, 9.17) is 5.41 Å². The van der Waals surface area contributed by atoms with Crippen LogP contribution in [0.25, 0.3) is 5.57 Å². The zero-order valence-corrected chi connectivity index (χ0v) is 16.6. The third-order valence-electron chi connectivity index (χ3n) is 4.87. The second kappa shape index (κ2) is 8.37. The first kappa shape index (κ1) is 21.7. The predicted octanol–water partition coefficient (Wildman–Crippen LogP) is 3.69. The standard InChI is InChI=1S/C20H23F3N4O3/c1-12-10-26(19(29)30-11-20(21,22)23)18-7-14(3-6-17(18)27(12)13(2)28)15(8-24)9-25-16-4-5-16/h3,6-9,12,16,24-25H,4-5,10-11H2,1-2H3/b15-9+,24-8?. The van der Waals surface area contributed by atoms with E-state index >= 15 is 0 Å². The van der Waals surface area contributed by atoms with Crippen LogP contribution in [0.3, 0.4) is 0 Å². The first-order chi connectivity index (χ1) is 14.1. The highest BCUT2D eigenvalue weighted by molar-refractivity contribution is 6.10. The Bertz CT molecular complexity index is 881. The number of ether oxygens (including phenoxy) is 1. The Labute approximate surface area is 172 Å². The quantitative estimate of drug-likeness (QED) is 0.706. The first-order valence-electron chi connectivity index (χ1n) is 9.52. The van der Waals surface area contributed by atoms with Crippen molar-refractivity contribution in [2.45, 2.75) is 44.9 Å². The highest BCUT2D eigenvalue weighted by atomic mass is 19.4. The molecule has 10 heteroatoms. The Morgan fingerprint density at radius 1 is 1.30 bits per heavy atom. The van der Waals surface area contributed by atoms with Crippen molar-refractivity contribution in [1.82, 2.24) is 5.32 Å². The summed E-state index contributed by atoms with van der Waals surface area (Å²) in [5.74, 6) is -0.252. The Morgan fingerprint density at radius 2 is 2.00 bits per heavy atom. The van der Waals surface area contributed by atoms with Crippen LogP contribution in [-0.4, -0.2) is 49.6 Å².